The summed E-state index contributed by atoms with van der Waals surface area (Å²) in [6.45, 7) is 7.62. The van der Waals surface area contributed by atoms with Crippen LogP contribution in [0.3, 0.4) is 0 Å². The highest BCUT2D eigenvalue weighted by atomic mass is 35.5. The molecule has 6 heteroatoms. The molecule has 4 nitrogen and oxygen atoms in total. The van der Waals surface area contributed by atoms with Crippen LogP contribution in [0.15, 0.2) is 36.4 Å². The quantitative estimate of drug-likeness (QED) is 0.839. The summed E-state index contributed by atoms with van der Waals surface area (Å²) in [7, 11) is 0. The van der Waals surface area contributed by atoms with E-state index in [9.17, 15) is 4.79 Å². The zero-order valence-corrected chi connectivity index (χ0v) is 16.6. The normalized spacial score (nSPS) is 14.5. The van der Waals surface area contributed by atoms with Crippen molar-refractivity contribution in [3.8, 4) is 0 Å². The van der Waals surface area contributed by atoms with Crippen molar-refractivity contribution in [1.29, 1.82) is 0 Å². The maximum atomic E-state index is 12.5. The molecule has 0 aromatic heterocycles. The van der Waals surface area contributed by atoms with Crippen molar-refractivity contribution < 1.29 is 4.79 Å². The van der Waals surface area contributed by atoms with E-state index >= 15 is 0 Å². The van der Waals surface area contributed by atoms with Gasteiger partial charge in [0, 0.05) is 36.9 Å². The van der Waals surface area contributed by atoms with E-state index < -0.39 is 0 Å². The highest BCUT2D eigenvalue weighted by molar-refractivity contribution is 6.35. The molecule has 0 bridgehead atoms. The fraction of sp³-hybridized carbons (Fsp3) is 0.350. The van der Waals surface area contributed by atoms with Crippen LogP contribution in [0.25, 0.3) is 0 Å². The number of amides is 1. The van der Waals surface area contributed by atoms with E-state index in [0.717, 1.165) is 26.2 Å². The SMILES string of the molecule is Cc1cccc(N2CCN(C(=O)CNc3cc(Cl)ccc3Cl)CC2)c1C. The minimum atomic E-state index is 0.0710. The third kappa shape index (κ3) is 4.25. The summed E-state index contributed by atoms with van der Waals surface area (Å²) >= 11 is 12.1. The Labute approximate surface area is 164 Å². The lowest BCUT2D eigenvalue weighted by Gasteiger charge is -2.37. The molecule has 1 saturated heterocycles. The van der Waals surface area contributed by atoms with Crippen molar-refractivity contribution in [3.05, 3.63) is 57.6 Å². The molecular weight excluding hydrogens is 369 g/mol. The first-order chi connectivity index (χ1) is 12.5. The summed E-state index contributed by atoms with van der Waals surface area (Å²) in [5.41, 5.74) is 4.55. The first kappa shape index (κ1) is 18.9. The van der Waals surface area contributed by atoms with Crippen LogP contribution in [-0.2, 0) is 4.79 Å². The van der Waals surface area contributed by atoms with Gasteiger partial charge in [-0.05, 0) is 49.2 Å². The molecule has 2 aromatic rings. The molecule has 138 valence electrons. The third-order valence-electron chi connectivity index (χ3n) is 4.91. The number of aryl methyl sites for hydroxylation is 1. The van der Waals surface area contributed by atoms with Gasteiger partial charge < -0.3 is 15.1 Å². The number of piperazine rings is 1. The summed E-state index contributed by atoms with van der Waals surface area (Å²) in [4.78, 5) is 16.8. The van der Waals surface area contributed by atoms with Crippen LogP contribution in [0.2, 0.25) is 10.0 Å². The number of benzene rings is 2. The number of carbonyl (C=O) groups excluding carboxylic acids is 1. The summed E-state index contributed by atoms with van der Waals surface area (Å²) < 4.78 is 0. The fourth-order valence-corrected chi connectivity index (χ4v) is 3.55. The zero-order chi connectivity index (χ0) is 18.7. The molecule has 0 aliphatic carbocycles. The lowest BCUT2D eigenvalue weighted by Crippen LogP contribution is -2.50. The van der Waals surface area contributed by atoms with Crippen molar-refractivity contribution in [2.24, 2.45) is 0 Å². The lowest BCUT2D eigenvalue weighted by molar-refractivity contribution is -0.129. The molecule has 1 N–H and O–H groups in total. The van der Waals surface area contributed by atoms with Crippen molar-refractivity contribution in [2.45, 2.75) is 13.8 Å². The van der Waals surface area contributed by atoms with E-state index in [1.807, 2.05) is 4.90 Å². The van der Waals surface area contributed by atoms with Gasteiger partial charge in [-0.2, -0.15) is 0 Å². The number of halogens is 2. The highest BCUT2D eigenvalue weighted by Gasteiger charge is 2.22. The van der Waals surface area contributed by atoms with E-state index in [2.05, 4.69) is 42.3 Å². The second-order valence-corrected chi connectivity index (χ2v) is 7.41. The predicted octanol–water partition coefficient (Wildman–Crippen LogP) is 4.37. The van der Waals surface area contributed by atoms with Gasteiger partial charge in [0.05, 0.1) is 17.3 Å². The second-order valence-electron chi connectivity index (χ2n) is 6.56. The van der Waals surface area contributed by atoms with E-state index in [1.165, 1.54) is 16.8 Å². The van der Waals surface area contributed by atoms with Crippen LogP contribution in [0, 0.1) is 13.8 Å². The summed E-state index contributed by atoms with van der Waals surface area (Å²) in [6.07, 6.45) is 0. The summed E-state index contributed by atoms with van der Waals surface area (Å²) in [5.74, 6) is 0.0710. The molecule has 0 spiro atoms. The predicted molar refractivity (Wildman–Crippen MR) is 110 cm³/mol. The van der Waals surface area contributed by atoms with Crippen molar-refractivity contribution in [2.75, 3.05) is 42.9 Å². The van der Waals surface area contributed by atoms with E-state index in [4.69, 9.17) is 23.2 Å². The molecule has 1 fully saturated rings. The van der Waals surface area contributed by atoms with Crippen molar-refractivity contribution in [1.82, 2.24) is 4.90 Å². The van der Waals surface area contributed by atoms with Gasteiger partial charge in [0.2, 0.25) is 5.91 Å². The Morgan fingerprint density at radius 1 is 1.08 bits per heavy atom. The zero-order valence-electron chi connectivity index (χ0n) is 15.1. The lowest BCUT2D eigenvalue weighted by atomic mass is 10.1. The maximum Gasteiger partial charge on any atom is 0.241 e. The smallest absolute Gasteiger partial charge is 0.241 e. The van der Waals surface area contributed by atoms with Crippen LogP contribution in [-0.4, -0.2) is 43.5 Å². The standard InChI is InChI=1S/C20H23Cl2N3O/c1-14-4-3-5-19(15(14)2)24-8-10-25(11-9-24)20(26)13-23-18-12-16(21)6-7-17(18)22/h3-7,12,23H,8-11,13H2,1-2H3. The molecule has 2 aromatic carbocycles. The van der Waals surface area contributed by atoms with Gasteiger partial charge in [-0.15, -0.1) is 0 Å². The number of nitrogens with zero attached hydrogens (tertiary/aromatic N) is 2. The van der Waals surface area contributed by atoms with Crippen molar-refractivity contribution in [3.63, 3.8) is 0 Å². The Hall–Kier alpha value is -1.91. The maximum absolute atomic E-state index is 12.5. The highest BCUT2D eigenvalue weighted by Crippen LogP contribution is 2.26. The topological polar surface area (TPSA) is 35.6 Å². The number of nitrogens with one attached hydrogen (secondary N) is 1. The van der Waals surface area contributed by atoms with E-state index in [0.29, 0.717) is 15.7 Å². The first-order valence-electron chi connectivity index (χ1n) is 8.73. The molecule has 0 unspecified atom stereocenters. The largest absolute Gasteiger partial charge is 0.375 e. The van der Waals surface area contributed by atoms with Gasteiger partial charge in [0.25, 0.3) is 0 Å². The number of anilines is 2. The Bertz CT molecular complexity index is 802. The molecule has 1 aliphatic rings. The summed E-state index contributed by atoms with van der Waals surface area (Å²) in [6, 6.07) is 11.6. The van der Waals surface area contributed by atoms with Gasteiger partial charge in [-0.3, -0.25) is 4.79 Å². The number of rotatable bonds is 4. The van der Waals surface area contributed by atoms with Gasteiger partial charge in [-0.1, -0.05) is 35.3 Å². The fourth-order valence-electron chi connectivity index (χ4n) is 3.19. The minimum absolute atomic E-state index is 0.0710. The van der Waals surface area contributed by atoms with Crippen LogP contribution in [0.1, 0.15) is 11.1 Å². The average molecular weight is 392 g/mol. The monoisotopic (exact) mass is 391 g/mol. The molecule has 1 amide bonds. The van der Waals surface area contributed by atoms with Gasteiger partial charge in [0.1, 0.15) is 0 Å². The van der Waals surface area contributed by atoms with E-state index in [-0.39, 0.29) is 12.5 Å². The Kier molecular flexibility index (Phi) is 5.94. The third-order valence-corrected chi connectivity index (χ3v) is 5.47. The van der Waals surface area contributed by atoms with Crippen molar-refractivity contribution >= 4 is 40.5 Å². The first-order valence-corrected chi connectivity index (χ1v) is 9.49. The number of hydrogen-bond acceptors (Lipinski definition) is 3. The molecule has 1 aliphatic heterocycles. The van der Waals surface area contributed by atoms with Crippen LogP contribution < -0.4 is 10.2 Å². The molecule has 0 radical (unpaired) electrons. The van der Waals surface area contributed by atoms with Gasteiger partial charge >= 0.3 is 0 Å². The average Bonchev–Trinajstić information content (AvgIpc) is 2.64. The summed E-state index contributed by atoms with van der Waals surface area (Å²) in [5, 5.41) is 4.24. The molecule has 0 saturated carbocycles. The Balaban J connectivity index is 1.55. The van der Waals surface area contributed by atoms with Crippen LogP contribution in [0.4, 0.5) is 11.4 Å². The van der Waals surface area contributed by atoms with Crippen LogP contribution in [0.5, 0.6) is 0 Å². The molecular formula is C20H23Cl2N3O. The second kappa shape index (κ2) is 8.19. The number of carbonyl (C=O) groups is 1. The van der Waals surface area contributed by atoms with E-state index in [1.54, 1.807) is 18.2 Å². The molecule has 26 heavy (non-hydrogen) atoms. The number of hydrogen-bond donors (Lipinski definition) is 1. The molecule has 1 heterocycles. The van der Waals surface area contributed by atoms with Gasteiger partial charge in [-0.25, -0.2) is 0 Å². The Morgan fingerprint density at radius 3 is 2.54 bits per heavy atom. The Morgan fingerprint density at radius 2 is 1.81 bits per heavy atom. The van der Waals surface area contributed by atoms with Gasteiger partial charge in [0.15, 0.2) is 0 Å². The minimum Gasteiger partial charge on any atom is -0.375 e. The van der Waals surface area contributed by atoms with Crippen LogP contribution >= 0.6 is 23.2 Å². The molecule has 3 rings (SSSR count). The molecule has 0 atom stereocenters.